The Morgan fingerprint density at radius 2 is 2.15 bits per heavy atom. The molecule has 2 heterocycles. The van der Waals surface area contributed by atoms with Crippen LogP contribution in [0.5, 0.6) is 0 Å². The molecular weight excluding hydrogens is 471 g/mol. The van der Waals surface area contributed by atoms with Gasteiger partial charge in [-0.1, -0.05) is 11.6 Å². The van der Waals surface area contributed by atoms with Crippen molar-refractivity contribution in [2.75, 3.05) is 11.9 Å². The number of fused-ring (bicyclic) bond motifs is 1. The molecular formula is C18H16ClIN2O4. The van der Waals surface area contributed by atoms with Crippen LogP contribution in [-0.4, -0.2) is 17.1 Å². The molecule has 0 aliphatic carbocycles. The first-order valence-electron chi connectivity index (χ1n) is 7.85. The van der Waals surface area contributed by atoms with Crippen LogP contribution in [0.1, 0.15) is 22.8 Å². The average molecular weight is 487 g/mol. The van der Waals surface area contributed by atoms with Gasteiger partial charge < -0.3 is 14.5 Å². The van der Waals surface area contributed by atoms with Crippen LogP contribution in [0.15, 0.2) is 33.7 Å². The molecule has 136 valence electrons. The van der Waals surface area contributed by atoms with Crippen molar-refractivity contribution in [1.29, 1.82) is 0 Å². The van der Waals surface area contributed by atoms with Gasteiger partial charge in [-0.15, -0.1) is 0 Å². The largest absolute Gasteiger partial charge is 0.463 e. The van der Waals surface area contributed by atoms with E-state index in [1.807, 2.05) is 6.07 Å². The summed E-state index contributed by atoms with van der Waals surface area (Å²) in [6.07, 6.45) is 1.45. The number of ether oxygens (including phenoxy) is 1. The van der Waals surface area contributed by atoms with Gasteiger partial charge in [-0.25, -0.2) is 4.79 Å². The molecule has 8 heteroatoms. The summed E-state index contributed by atoms with van der Waals surface area (Å²) in [6.45, 7) is 3.67. The highest BCUT2D eigenvalue weighted by Crippen LogP contribution is 2.32. The van der Waals surface area contributed by atoms with E-state index >= 15 is 0 Å². The van der Waals surface area contributed by atoms with Crippen LogP contribution in [-0.2, 0) is 11.8 Å². The van der Waals surface area contributed by atoms with Gasteiger partial charge in [0.1, 0.15) is 11.4 Å². The van der Waals surface area contributed by atoms with E-state index < -0.39 is 5.97 Å². The minimum absolute atomic E-state index is 0.159. The normalized spacial score (nSPS) is 11.0. The van der Waals surface area contributed by atoms with Crippen LogP contribution in [0.4, 0.5) is 11.5 Å². The Morgan fingerprint density at radius 1 is 1.42 bits per heavy atom. The monoisotopic (exact) mass is 486 g/mol. The first-order chi connectivity index (χ1) is 12.3. The quantitative estimate of drug-likeness (QED) is 0.430. The first-order valence-corrected chi connectivity index (χ1v) is 9.30. The standard InChI is InChI=1S/C18H16ClIN2O4/c1-4-25-18(24)14-15-13(9(2)8-26-15)17(23)22(3)16(14)21-12-6-5-10(20)7-11(12)19/h5-8,21H,4H2,1-3H3. The maximum absolute atomic E-state index is 12.8. The highest BCUT2D eigenvalue weighted by atomic mass is 127. The van der Waals surface area contributed by atoms with Gasteiger partial charge in [0.2, 0.25) is 0 Å². The Kier molecular flexibility index (Phi) is 5.29. The van der Waals surface area contributed by atoms with Gasteiger partial charge in [0, 0.05) is 16.2 Å². The number of halogens is 2. The molecule has 1 N–H and O–H groups in total. The number of esters is 1. The molecule has 0 bridgehead atoms. The lowest BCUT2D eigenvalue weighted by Crippen LogP contribution is -2.24. The number of hydrogen-bond acceptors (Lipinski definition) is 5. The third-order valence-corrected chi connectivity index (χ3v) is 4.94. The highest BCUT2D eigenvalue weighted by molar-refractivity contribution is 14.1. The molecule has 0 saturated heterocycles. The second-order valence-corrected chi connectivity index (χ2v) is 7.33. The van der Waals surface area contributed by atoms with Crippen molar-refractivity contribution in [3.8, 4) is 0 Å². The third kappa shape index (κ3) is 3.21. The fourth-order valence-electron chi connectivity index (χ4n) is 2.70. The van der Waals surface area contributed by atoms with Crippen LogP contribution < -0.4 is 10.9 Å². The van der Waals surface area contributed by atoms with Crippen LogP contribution in [0.3, 0.4) is 0 Å². The Hall–Kier alpha value is -2.00. The minimum atomic E-state index is -0.577. The number of hydrogen-bond donors (Lipinski definition) is 1. The number of anilines is 2. The fourth-order valence-corrected chi connectivity index (χ4v) is 3.60. The topological polar surface area (TPSA) is 73.5 Å². The van der Waals surface area contributed by atoms with E-state index in [1.165, 1.54) is 10.8 Å². The molecule has 1 aromatic carbocycles. The van der Waals surface area contributed by atoms with E-state index in [4.69, 9.17) is 20.8 Å². The number of carbonyl (C=O) groups is 1. The second kappa shape index (κ2) is 7.32. The smallest absolute Gasteiger partial charge is 0.345 e. The Balaban J connectivity index is 2.29. The minimum Gasteiger partial charge on any atom is -0.463 e. The van der Waals surface area contributed by atoms with E-state index in [-0.39, 0.29) is 29.1 Å². The number of benzene rings is 1. The predicted octanol–water partition coefficient (Wildman–Crippen LogP) is 4.62. The summed E-state index contributed by atoms with van der Waals surface area (Å²) in [6, 6.07) is 5.43. The molecule has 6 nitrogen and oxygen atoms in total. The number of nitrogens with one attached hydrogen (secondary N) is 1. The summed E-state index contributed by atoms with van der Waals surface area (Å²) in [5.74, 6) is -0.315. The van der Waals surface area contributed by atoms with E-state index in [0.29, 0.717) is 21.7 Å². The lowest BCUT2D eigenvalue weighted by Gasteiger charge is -2.16. The summed E-state index contributed by atoms with van der Waals surface area (Å²) in [4.78, 5) is 25.4. The number of aryl methyl sites for hydroxylation is 1. The van der Waals surface area contributed by atoms with Crippen molar-refractivity contribution < 1.29 is 13.9 Å². The predicted molar refractivity (Wildman–Crippen MR) is 110 cm³/mol. The molecule has 0 atom stereocenters. The summed E-state index contributed by atoms with van der Waals surface area (Å²) < 4.78 is 13.0. The van der Waals surface area contributed by atoms with Crippen molar-refractivity contribution in [2.45, 2.75) is 13.8 Å². The van der Waals surface area contributed by atoms with Gasteiger partial charge in [0.25, 0.3) is 5.56 Å². The molecule has 0 unspecified atom stereocenters. The Labute approximate surface area is 168 Å². The zero-order valence-corrected chi connectivity index (χ0v) is 17.3. The SMILES string of the molecule is CCOC(=O)c1c(Nc2ccc(I)cc2Cl)n(C)c(=O)c2c(C)coc12. The number of aromatic nitrogens is 1. The van der Waals surface area contributed by atoms with Crippen molar-refractivity contribution in [1.82, 2.24) is 4.57 Å². The maximum atomic E-state index is 12.8. The Bertz CT molecular complexity index is 1070. The number of carbonyl (C=O) groups excluding carboxylic acids is 1. The number of furan rings is 1. The summed E-state index contributed by atoms with van der Waals surface area (Å²) in [5.41, 5.74) is 1.31. The second-order valence-electron chi connectivity index (χ2n) is 5.68. The first kappa shape index (κ1) is 18.8. The number of nitrogens with zero attached hydrogens (tertiary/aromatic N) is 1. The lowest BCUT2D eigenvalue weighted by atomic mass is 10.1. The van der Waals surface area contributed by atoms with Crippen molar-refractivity contribution in [2.24, 2.45) is 7.05 Å². The van der Waals surface area contributed by atoms with Crippen LogP contribution in [0.2, 0.25) is 5.02 Å². The fraction of sp³-hybridized carbons (Fsp3) is 0.222. The summed E-state index contributed by atoms with van der Waals surface area (Å²) in [5, 5.41) is 3.91. The molecule has 0 saturated carbocycles. The van der Waals surface area contributed by atoms with Crippen molar-refractivity contribution >= 4 is 62.6 Å². The van der Waals surface area contributed by atoms with E-state index in [9.17, 15) is 9.59 Å². The van der Waals surface area contributed by atoms with Gasteiger partial charge in [-0.05, 0) is 54.6 Å². The zero-order valence-electron chi connectivity index (χ0n) is 14.4. The van der Waals surface area contributed by atoms with Crippen LogP contribution in [0, 0.1) is 10.5 Å². The molecule has 0 amide bonds. The van der Waals surface area contributed by atoms with Gasteiger partial charge >= 0.3 is 5.97 Å². The molecule has 0 aliphatic heterocycles. The third-order valence-electron chi connectivity index (χ3n) is 3.96. The van der Waals surface area contributed by atoms with E-state index in [1.54, 1.807) is 33.0 Å². The van der Waals surface area contributed by atoms with Gasteiger partial charge in [0.15, 0.2) is 5.58 Å². The summed E-state index contributed by atoms with van der Waals surface area (Å²) >= 11 is 8.44. The van der Waals surface area contributed by atoms with Gasteiger partial charge in [-0.2, -0.15) is 0 Å². The maximum Gasteiger partial charge on any atom is 0.345 e. The van der Waals surface area contributed by atoms with Gasteiger partial charge in [0.05, 0.1) is 29.0 Å². The number of pyridine rings is 1. The number of rotatable bonds is 4. The van der Waals surface area contributed by atoms with Crippen molar-refractivity contribution in [3.63, 3.8) is 0 Å². The molecule has 0 aliphatic rings. The van der Waals surface area contributed by atoms with Crippen LogP contribution in [0.25, 0.3) is 11.0 Å². The highest BCUT2D eigenvalue weighted by Gasteiger charge is 2.26. The summed E-state index contributed by atoms with van der Waals surface area (Å²) in [7, 11) is 1.58. The molecule has 26 heavy (non-hydrogen) atoms. The van der Waals surface area contributed by atoms with E-state index in [0.717, 1.165) is 3.57 Å². The molecule has 2 aromatic heterocycles. The van der Waals surface area contributed by atoms with Crippen molar-refractivity contribution in [3.05, 3.63) is 54.5 Å². The molecule has 3 rings (SSSR count). The van der Waals surface area contributed by atoms with Crippen LogP contribution >= 0.6 is 34.2 Å². The molecule has 0 radical (unpaired) electrons. The molecule has 0 fully saturated rings. The zero-order chi connectivity index (χ0) is 19.0. The van der Waals surface area contributed by atoms with E-state index in [2.05, 4.69) is 27.9 Å². The molecule has 0 spiro atoms. The average Bonchev–Trinajstić information content (AvgIpc) is 2.96. The Morgan fingerprint density at radius 3 is 2.81 bits per heavy atom. The molecule has 3 aromatic rings. The van der Waals surface area contributed by atoms with Gasteiger partial charge in [-0.3, -0.25) is 9.36 Å². The lowest BCUT2D eigenvalue weighted by molar-refractivity contribution is 0.0528.